The summed E-state index contributed by atoms with van der Waals surface area (Å²) in [6, 6.07) is 0. The number of allylic oxidation sites excluding steroid dienone is 2. The minimum atomic E-state index is 1.11. The highest BCUT2D eigenvalue weighted by Crippen LogP contribution is 2.24. The van der Waals surface area contributed by atoms with E-state index in [2.05, 4.69) is 32.7 Å². The lowest BCUT2D eigenvalue weighted by Crippen LogP contribution is -1.76. The summed E-state index contributed by atoms with van der Waals surface area (Å²) in [7, 11) is 0. The summed E-state index contributed by atoms with van der Waals surface area (Å²) in [6.07, 6.45) is 4.29. The van der Waals surface area contributed by atoms with E-state index in [0.29, 0.717) is 0 Å². The monoisotopic (exact) mass is 195 g/mol. The molecular weight excluding hydrogens is 178 g/mol. The first-order valence-electron chi connectivity index (χ1n) is 4.74. The number of hydrogen-bond donors (Lipinski definition) is 0. The normalized spacial score (nSPS) is 10.2. The first kappa shape index (κ1) is 10.5. The molecule has 0 saturated carbocycles. The van der Waals surface area contributed by atoms with Crippen molar-refractivity contribution < 1.29 is 0 Å². The molecule has 1 nitrogen and oxygen atoms in total. The van der Waals surface area contributed by atoms with Crippen molar-refractivity contribution >= 4 is 16.9 Å². The van der Waals surface area contributed by atoms with Crippen molar-refractivity contribution in [1.29, 1.82) is 0 Å². The van der Waals surface area contributed by atoms with Crippen molar-refractivity contribution in [2.45, 2.75) is 40.5 Å². The summed E-state index contributed by atoms with van der Waals surface area (Å²) in [5.41, 5.74) is 2.76. The zero-order valence-corrected chi connectivity index (χ0v) is 9.66. The lowest BCUT2D eigenvalue weighted by Gasteiger charge is -1.97. The molecule has 0 aliphatic heterocycles. The van der Waals surface area contributed by atoms with Crippen LogP contribution in [0.1, 0.15) is 44.0 Å². The van der Waals surface area contributed by atoms with Crippen LogP contribution in [0.15, 0.2) is 11.8 Å². The third-order valence-electron chi connectivity index (χ3n) is 2.14. The SMILES string of the molecule is CCCc1ncc(C(C)=C(C)C)s1. The summed E-state index contributed by atoms with van der Waals surface area (Å²) in [5.74, 6) is 0. The van der Waals surface area contributed by atoms with Crippen LogP contribution in [0.2, 0.25) is 0 Å². The Balaban J connectivity index is 2.86. The Kier molecular flexibility index (Phi) is 3.67. The molecule has 0 unspecified atom stereocenters. The van der Waals surface area contributed by atoms with E-state index in [1.807, 2.05) is 17.5 Å². The second-order valence-electron chi connectivity index (χ2n) is 3.49. The molecule has 0 amide bonds. The quantitative estimate of drug-likeness (QED) is 0.712. The predicted molar refractivity (Wildman–Crippen MR) is 60.1 cm³/mol. The molecule has 1 aromatic heterocycles. The van der Waals surface area contributed by atoms with Gasteiger partial charge in [-0.2, -0.15) is 0 Å². The number of hydrogen-bond acceptors (Lipinski definition) is 2. The Bertz CT molecular complexity index is 306. The zero-order chi connectivity index (χ0) is 9.84. The Morgan fingerprint density at radius 3 is 2.62 bits per heavy atom. The molecule has 72 valence electrons. The van der Waals surface area contributed by atoms with E-state index in [4.69, 9.17) is 0 Å². The van der Waals surface area contributed by atoms with Gasteiger partial charge in [-0.15, -0.1) is 11.3 Å². The van der Waals surface area contributed by atoms with Crippen molar-refractivity contribution in [2.75, 3.05) is 0 Å². The van der Waals surface area contributed by atoms with Crippen LogP contribution in [0, 0.1) is 0 Å². The molecule has 0 aliphatic carbocycles. The van der Waals surface area contributed by atoms with Gasteiger partial charge >= 0.3 is 0 Å². The zero-order valence-electron chi connectivity index (χ0n) is 8.85. The number of aryl methyl sites for hydroxylation is 1. The maximum absolute atomic E-state index is 4.39. The summed E-state index contributed by atoms with van der Waals surface area (Å²) in [4.78, 5) is 5.72. The van der Waals surface area contributed by atoms with E-state index in [0.717, 1.165) is 6.42 Å². The van der Waals surface area contributed by atoms with Gasteiger partial charge in [-0.05, 0) is 39.2 Å². The highest BCUT2D eigenvalue weighted by Gasteiger charge is 2.03. The topological polar surface area (TPSA) is 12.9 Å². The molecule has 2 heteroatoms. The molecule has 0 bridgehead atoms. The molecule has 0 N–H and O–H groups in total. The van der Waals surface area contributed by atoms with Crippen LogP contribution in [-0.2, 0) is 6.42 Å². The molecule has 0 aromatic carbocycles. The summed E-state index contributed by atoms with van der Waals surface area (Å²) >= 11 is 1.82. The van der Waals surface area contributed by atoms with Crippen LogP contribution in [0.4, 0.5) is 0 Å². The standard InChI is InChI=1S/C11H17NS/c1-5-6-11-12-7-10(13-11)9(4)8(2)3/h7H,5-6H2,1-4H3. The molecule has 13 heavy (non-hydrogen) atoms. The van der Waals surface area contributed by atoms with Crippen LogP contribution in [0.25, 0.3) is 5.57 Å². The Labute approximate surface area is 84.5 Å². The highest BCUT2D eigenvalue weighted by molar-refractivity contribution is 7.12. The van der Waals surface area contributed by atoms with E-state index < -0.39 is 0 Å². The van der Waals surface area contributed by atoms with Gasteiger partial charge in [0.05, 0.1) is 9.88 Å². The number of aromatic nitrogens is 1. The van der Waals surface area contributed by atoms with E-state index in [9.17, 15) is 0 Å². The third-order valence-corrected chi connectivity index (χ3v) is 3.31. The van der Waals surface area contributed by atoms with Crippen molar-refractivity contribution in [3.05, 3.63) is 21.7 Å². The van der Waals surface area contributed by atoms with E-state index in [1.54, 1.807) is 0 Å². The van der Waals surface area contributed by atoms with Crippen molar-refractivity contribution in [3.8, 4) is 0 Å². The van der Waals surface area contributed by atoms with Gasteiger partial charge in [-0.3, -0.25) is 0 Å². The third kappa shape index (κ3) is 2.66. The second-order valence-corrected chi connectivity index (χ2v) is 4.61. The molecule has 0 saturated heterocycles. The van der Waals surface area contributed by atoms with E-state index >= 15 is 0 Å². The molecule has 0 fully saturated rings. The first-order valence-corrected chi connectivity index (χ1v) is 5.56. The molecule has 0 spiro atoms. The highest BCUT2D eigenvalue weighted by atomic mass is 32.1. The lowest BCUT2D eigenvalue weighted by atomic mass is 10.1. The fourth-order valence-electron chi connectivity index (χ4n) is 1.06. The smallest absolute Gasteiger partial charge is 0.0931 e. The van der Waals surface area contributed by atoms with Crippen LogP contribution in [-0.4, -0.2) is 4.98 Å². The van der Waals surface area contributed by atoms with E-state index in [1.165, 1.54) is 27.5 Å². The van der Waals surface area contributed by atoms with Gasteiger partial charge in [0, 0.05) is 6.20 Å². The average molecular weight is 195 g/mol. The fourth-order valence-corrected chi connectivity index (χ4v) is 2.19. The fraction of sp³-hybridized carbons (Fsp3) is 0.545. The van der Waals surface area contributed by atoms with Gasteiger partial charge in [0.2, 0.25) is 0 Å². The van der Waals surface area contributed by atoms with Crippen LogP contribution in [0.5, 0.6) is 0 Å². The maximum Gasteiger partial charge on any atom is 0.0931 e. The Hall–Kier alpha value is -0.630. The van der Waals surface area contributed by atoms with Crippen molar-refractivity contribution in [1.82, 2.24) is 4.98 Å². The largest absolute Gasteiger partial charge is 0.249 e. The molecule has 1 heterocycles. The molecule has 1 rings (SSSR count). The number of thiazole rings is 1. The summed E-state index contributed by atoms with van der Waals surface area (Å²) < 4.78 is 0. The van der Waals surface area contributed by atoms with Gasteiger partial charge in [0.15, 0.2) is 0 Å². The van der Waals surface area contributed by atoms with Crippen LogP contribution >= 0.6 is 11.3 Å². The van der Waals surface area contributed by atoms with E-state index in [-0.39, 0.29) is 0 Å². The second kappa shape index (κ2) is 4.56. The van der Waals surface area contributed by atoms with Crippen LogP contribution in [0.3, 0.4) is 0 Å². The number of nitrogens with zero attached hydrogens (tertiary/aromatic N) is 1. The van der Waals surface area contributed by atoms with Crippen molar-refractivity contribution in [2.24, 2.45) is 0 Å². The van der Waals surface area contributed by atoms with Gasteiger partial charge in [-0.1, -0.05) is 12.5 Å². The number of rotatable bonds is 3. The lowest BCUT2D eigenvalue weighted by molar-refractivity contribution is 0.909. The first-order chi connectivity index (χ1) is 6.15. The predicted octanol–water partition coefficient (Wildman–Crippen LogP) is 3.91. The molecule has 0 atom stereocenters. The van der Waals surface area contributed by atoms with Gasteiger partial charge < -0.3 is 0 Å². The van der Waals surface area contributed by atoms with Gasteiger partial charge in [-0.25, -0.2) is 4.98 Å². The Morgan fingerprint density at radius 2 is 2.08 bits per heavy atom. The molecule has 0 radical (unpaired) electrons. The van der Waals surface area contributed by atoms with Gasteiger partial charge in [0.25, 0.3) is 0 Å². The summed E-state index contributed by atoms with van der Waals surface area (Å²) in [6.45, 7) is 8.65. The minimum Gasteiger partial charge on any atom is -0.249 e. The Morgan fingerprint density at radius 1 is 1.38 bits per heavy atom. The van der Waals surface area contributed by atoms with Crippen molar-refractivity contribution in [3.63, 3.8) is 0 Å². The molecule has 1 aromatic rings. The summed E-state index contributed by atoms with van der Waals surface area (Å²) in [5, 5.41) is 1.26. The molecule has 0 aliphatic rings. The minimum absolute atomic E-state index is 1.11. The molecular formula is C11H17NS. The maximum atomic E-state index is 4.39. The van der Waals surface area contributed by atoms with Crippen LogP contribution < -0.4 is 0 Å². The average Bonchev–Trinajstić information content (AvgIpc) is 2.52. The van der Waals surface area contributed by atoms with Gasteiger partial charge in [0.1, 0.15) is 0 Å².